The van der Waals surface area contributed by atoms with Crippen LogP contribution in [0.5, 0.6) is 0 Å². The lowest BCUT2D eigenvalue weighted by molar-refractivity contribution is 0.0940. The van der Waals surface area contributed by atoms with E-state index in [9.17, 15) is 25.0 Å². The van der Waals surface area contributed by atoms with Gasteiger partial charge in [-0.1, -0.05) is 41.6 Å². The molecule has 8 heteroatoms. The van der Waals surface area contributed by atoms with Crippen molar-refractivity contribution >= 4 is 11.6 Å². The number of aryl methyl sites for hydroxylation is 2. The Morgan fingerprint density at radius 3 is 2.50 bits per heavy atom. The number of aliphatic hydroxyl groups excluding tert-OH is 2. The van der Waals surface area contributed by atoms with E-state index in [1.807, 2.05) is 31.2 Å². The number of carbonyl (C=O) groups is 1. The van der Waals surface area contributed by atoms with E-state index >= 15 is 0 Å². The summed E-state index contributed by atoms with van der Waals surface area (Å²) in [6.45, 7) is 1.54. The minimum Gasteiger partial charge on any atom is -0.411 e. The number of oxime groups is 1. The average Bonchev–Trinajstić information content (AvgIpc) is 2.82. The van der Waals surface area contributed by atoms with Crippen LogP contribution < -0.4 is 11.3 Å². The second-order valence-electron chi connectivity index (χ2n) is 8.35. The first kappa shape index (κ1) is 24.9. The van der Waals surface area contributed by atoms with Gasteiger partial charge in [0.1, 0.15) is 0 Å². The molecule has 5 N–H and O–H groups in total. The molecule has 3 rings (SSSR count). The second kappa shape index (κ2) is 10.9. The zero-order valence-corrected chi connectivity index (χ0v) is 19.2. The Balaban J connectivity index is 2.12. The molecule has 0 aliphatic carbocycles. The normalized spacial score (nSPS) is 13.5. The number of pyridine rings is 1. The van der Waals surface area contributed by atoms with Crippen molar-refractivity contribution < 1.29 is 20.2 Å². The molecule has 0 bridgehead atoms. The second-order valence-corrected chi connectivity index (χ2v) is 8.35. The maximum atomic E-state index is 12.0. The molecule has 0 radical (unpaired) electrons. The minimum atomic E-state index is -1.04. The van der Waals surface area contributed by atoms with E-state index in [1.54, 1.807) is 37.5 Å². The van der Waals surface area contributed by atoms with Gasteiger partial charge in [-0.2, -0.15) is 0 Å². The van der Waals surface area contributed by atoms with Crippen LogP contribution >= 0.6 is 0 Å². The summed E-state index contributed by atoms with van der Waals surface area (Å²) >= 11 is 0. The zero-order chi connectivity index (χ0) is 24.8. The summed E-state index contributed by atoms with van der Waals surface area (Å²) in [6, 6.07) is 16.1. The first-order chi connectivity index (χ1) is 16.2. The van der Waals surface area contributed by atoms with E-state index in [1.165, 1.54) is 10.6 Å². The van der Waals surface area contributed by atoms with Crippen molar-refractivity contribution in [2.24, 2.45) is 17.9 Å². The number of hydrogen-bond donors (Lipinski definition) is 4. The Morgan fingerprint density at radius 2 is 1.88 bits per heavy atom. The molecule has 0 spiro atoms. The summed E-state index contributed by atoms with van der Waals surface area (Å²) < 4.78 is 1.42. The lowest BCUT2D eigenvalue weighted by Crippen LogP contribution is -2.21. The number of hydrogen-bond acceptors (Lipinski definition) is 6. The van der Waals surface area contributed by atoms with E-state index in [2.05, 4.69) is 5.16 Å². The molecule has 2 aromatic carbocycles. The third-order valence-corrected chi connectivity index (χ3v) is 5.96. The summed E-state index contributed by atoms with van der Waals surface area (Å²) in [5.74, 6) is -0.891. The molecule has 0 saturated heterocycles. The van der Waals surface area contributed by atoms with Gasteiger partial charge in [0, 0.05) is 49.2 Å². The highest BCUT2D eigenvalue weighted by molar-refractivity contribution is 6.00. The van der Waals surface area contributed by atoms with Gasteiger partial charge in [-0.3, -0.25) is 9.59 Å². The van der Waals surface area contributed by atoms with Gasteiger partial charge in [0.15, 0.2) is 0 Å². The fraction of sp³-hybridized carbons (Fsp3) is 0.269. The van der Waals surface area contributed by atoms with Gasteiger partial charge < -0.3 is 25.7 Å². The zero-order valence-electron chi connectivity index (χ0n) is 19.2. The van der Waals surface area contributed by atoms with E-state index in [4.69, 9.17) is 5.73 Å². The number of carbonyl (C=O) groups excluding carboxylic acids is 1. The summed E-state index contributed by atoms with van der Waals surface area (Å²) in [5.41, 5.74) is 10.00. The van der Waals surface area contributed by atoms with Gasteiger partial charge in [-0.15, -0.1) is 0 Å². The molecule has 0 saturated carbocycles. The van der Waals surface area contributed by atoms with Crippen molar-refractivity contribution in [2.75, 3.05) is 6.61 Å². The van der Waals surface area contributed by atoms with Crippen molar-refractivity contribution in [1.82, 2.24) is 4.57 Å². The number of aromatic nitrogens is 1. The van der Waals surface area contributed by atoms with Gasteiger partial charge in [0.2, 0.25) is 11.5 Å². The van der Waals surface area contributed by atoms with Crippen molar-refractivity contribution in [3.63, 3.8) is 0 Å². The summed E-state index contributed by atoms with van der Waals surface area (Å²) in [7, 11) is 1.63. The number of amides is 1. The number of rotatable bonds is 9. The van der Waals surface area contributed by atoms with Crippen LogP contribution in [-0.4, -0.2) is 44.3 Å². The SMILES string of the molecule is Cc1ccccc1C(C/C(=N\O)c1ccc(=O)n(C)c1)c1ccc(C(N)=O)c(C[C@@H](O)CO)c1. The number of nitrogens with two attached hydrogens (primary N) is 1. The summed E-state index contributed by atoms with van der Waals surface area (Å²) in [6.07, 6.45) is 0.943. The maximum Gasteiger partial charge on any atom is 0.250 e. The number of nitrogens with zero attached hydrogens (tertiary/aromatic N) is 2. The lowest BCUT2D eigenvalue weighted by Gasteiger charge is -2.23. The maximum absolute atomic E-state index is 12.0. The first-order valence-corrected chi connectivity index (χ1v) is 10.9. The van der Waals surface area contributed by atoms with Gasteiger partial charge in [-0.25, -0.2) is 0 Å². The fourth-order valence-corrected chi connectivity index (χ4v) is 4.12. The summed E-state index contributed by atoms with van der Waals surface area (Å²) in [5, 5.41) is 32.7. The van der Waals surface area contributed by atoms with E-state index in [0.717, 1.165) is 16.7 Å². The number of aliphatic hydroxyl groups is 2. The summed E-state index contributed by atoms with van der Waals surface area (Å²) in [4.78, 5) is 23.8. The van der Waals surface area contributed by atoms with Crippen LogP contribution in [0.15, 0.2) is 70.7 Å². The number of primary amides is 1. The molecule has 3 aromatic rings. The standard InChI is InChI=1S/C26H29N3O5/c1-16-5-3-4-6-21(16)23(13-24(28-34)18-8-10-25(32)29(2)14-18)17-7-9-22(26(27)33)19(11-17)12-20(31)15-30/h3-11,14,20,23,30-31,34H,12-13,15H2,1-2H3,(H2,27,33)/b28-24+/t20-,23?/m1/s1. The Kier molecular flexibility index (Phi) is 7.99. The van der Waals surface area contributed by atoms with Crippen LogP contribution in [0.1, 0.15) is 50.5 Å². The van der Waals surface area contributed by atoms with Gasteiger partial charge in [0.25, 0.3) is 0 Å². The molecule has 8 nitrogen and oxygen atoms in total. The molecule has 1 amide bonds. The van der Waals surface area contributed by atoms with Gasteiger partial charge >= 0.3 is 0 Å². The quantitative estimate of drug-likeness (QED) is 0.219. The van der Waals surface area contributed by atoms with Gasteiger partial charge in [0.05, 0.1) is 18.4 Å². The average molecular weight is 464 g/mol. The smallest absolute Gasteiger partial charge is 0.250 e. The van der Waals surface area contributed by atoms with Crippen LogP contribution in [0.3, 0.4) is 0 Å². The molecule has 1 unspecified atom stereocenters. The Bertz CT molecular complexity index is 1270. The Morgan fingerprint density at radius 1 is 1.15 bits per heavy atom. The first-order valence-electron chi connectivity index (χ1n) is 10.9. The van der Waals surface area contributed by atoms with Crippen LogP contribution in [0, 0.1) is 6.92 Å². The van der Waals surface area contributed by atoms with Crippen LogP contribution in [-0.2, 0) is 13.5 Å². The molecule has 0 aliphatic heterocycles. The van der Waals surface area contributed by atoms with Crippen LogP contribution in [0.4, 0.5) is 0 Å². The molecule has 34 heavy (non-hydrogen) atoms. The van der Waals surface area contributed by atoms with Crippen molar-refractivity contribution in [3.8, 4) is 0 Å². The molecule has 0 fully saturated rings. The highest BCUT2D eigenvalue weighted by Crippen LogP contribution is 2.33. The predicted molar refractivity (Wildman–Crippen MR) is 129 cm³/mol. The van der Waals surface area contributed by atoms with Gasteiger partial charge in [-0.05, 0) is 41.3 Å². The lowest BCUT2D eigenvalue weighted by atomic mass is 9.82. The minimum absolute atomic E-state index is 0.0604. The van der Waals surface area contributed by atoms with E-state index in [0.29, 0.717) is 23.3 Å². The van der Waals surface area contributed by atoms with Crippen LogP contribution in [0.25, 0.3) is 0 Å². The third-order valence-electron chi connectivity index (χ3n) is 5.96. The predicted octanol–water partition coefficient (Wildman–Crippen LogP) is 2.09. The Labute approximate surface area is 197 Å². The van der Waals surface area contributed by atoms with Crippen molar-refractivity contribution in [1.29, 1.82) is 0 Å². The molecular weight excluding hydrogens is 434 g/mol. The molecule has 1 aromatic heterocycles. The molecule has 178 valence electrons. The van der Waals surface area contributed by atoms with Crippen molar-refractivity contribution in [2.45, 2.75) is 31.8 Å². The highest BCUT2D eigenvalue weighted by atomic mass is 16.4. The van der Waals surface area contributed by atoms with Crippen molar-refractivity contribution in [3.05, 3.63) is 105 Å². The topological polar surface area (TPSA) is 138 Å². The largest absolute Gasteiger partial charge is 0.411 e. The Hall–Kier alpha value is -3.75. The number of benzene rings is 2. The highest BCUT2D eigenvalue weighted by Gasteiger charge is 2.23. The molecular formula is C26H29N3O5. The van der Waals surface area contributed by atoms with E-state index < -0.39 is 18.6 Å². The molecule has 2 atom stereocenters. The van der Waals surface area contributed by atoms with E-state index in [-0.39, 0.29) is 23.5 Å². The molecule has 1 heterocycles. The monoisotopic (exact) mass is 463 g/mol. The third kappa shape index (κ3) is 5.59. The fourth-order valence-electron chi connectivity index (χ4n) is 4.12. The molecule has 0 aliphatic rings. The van der Waals surface area contributed by atoms with Crippen LogP contribution in [0.2, 0.25) is 0 Å².